The highest BCUT2D eigenvalue weighted by atomic mass is 31.2. The largest absolute Gasteiger partial charge is 0.323 e. The first-order chi connectivity index (χ1) is 18.3. The molecule has 2 aromatic carbocycles. The lowest BCUT2D eigenvalue weighted by atomic mass is 9.46. The van der Waals surface area contributed by atoms with Crippen LogP contribution in [0.15, 0.2) is 60.7 Å². The molecule has 5 aliphatic rings. The topological polar surface area (TPSA) is 34.1 Å². The predicted octanol–water partition coefficient (Wildman–Crippen LogP) is 9.08. The summed E-state index contributed by atoms with van der Waals surface area (Å²) in [6.07, 6.45) is 15.4. The van der Waals surface area contributed by atoms with E-state index in [4.69, 9.17) is 0 Å². The van der Waals surface area contributed by atoms with Crippen molar-refractivity contribution in [3.05, 3.63) is 60.7 Å². The molecule has 0 aromatic heterocycles. The van der Waals surface area contributed by atoms with Crippen molar-refractivity contribution < 1.29 is 9.13 Å². The zero-order valence-corrected chi connectivity index (χ0v) is 25.4. The number of fused-ring (bicyclic) bond motifs is 2. The maximum atomic E-state index is 15.9. The Morgan fingerprint density at radius 3 is 1.61 bits per heavy atom. The lowest BCUT2D eigenvalue weighted by Crippen LogP contribution is -2.59. The fourth-order valence-electron chi connectivity index (χ4n) is 9.43. The first kappa shape index (κ1) is 27.1. The second-order valence-corrected chi connectivity index (χ2v) is 20.3. The highest BCUT2D eigenvalue weighted by molar-refractivity contribution is 7.78. The zero-order chi connectivity index (χ0) is 26.4. The average molecular weight is 551 g/mol. The molecule has 0 N–H and O–H groups in total. The van der Waals surface area contributed by atoms with E-state index in [2.05, 4.69) is 38.1 Å². The normalized spacial score (nSPS) is 30.5. The maximum absolute atomic E-state index is 15.9. The van der Waals surface area contributed by atoms with E-state index in [9.17, 15) is 0 Å². The molecule has 5 fully saturated rings. The van der Waals surface area contributed by atoms with Gasteiger partial charge in [-0.05, 0) is 61.7 Å². The second-order valence-electron chi connectivity index (χ2n) is 13.8. The van der Waals surface area contributed by atoms with E-state index in [0.717, 1.165) is 17.0 Å². The van der Waals surface area contributed by atoms with Gasteiger partial charge in [-0.1, -0.05) is 113 Å². The van der Waals surface area contributed by atoms with Crippen LogP contribution in [0.1, 0.15) is 90.9 Å². The van der Waals surface area contributed by atoms with Crippen LogP contribution < -0.4 is 10.6 Å². The van der Waals surface area contributed by atoms with Crippen LogP contribution in [0.2, 0.25) is 0 Å². The van der Waals surface area contributed by atoms with Gasteiger partial charge < -0.3 is 9.13 Å². The lowest BCUT2D eigenvalue weighted by Gasteiger charge is -2.65. The van der Waals surface area contributed by atoms with Gasteiger partial charge in [0.05, 0.1) is 7.14 Å². The first-order valence-electron chi connectivity index (χ1n) is 15.6. The van der Waals surface area contributed by atoms with E-state index < -0.39 is 14.3 Å². The second kappa shape index (κ2) is 10.7. The Morgan fingerprint density at radius 2 is 1.16 bits per heavy atom. The third kappa shape index (κ3) is 4.55. The Hall–Kier alpha value is -1.10. The van der Waals surface area contributed by atoms with Crippen LogP contribution in [0, 0.1) is 23.2 Å². The summed E-state index contributed by atoms with van der Waals surface area (Å²) < 4.78 is 31.3. The fourth-order valence-corrected chi connectivity index (χ4v) is 18.2. The molecule has 0 spiro atoms. The van der Waals surface area contributed by atoms with Gasteiger partial charge in [-0.15, -0.1) is 0 Å². The van der Waals surface area contributed by atoms with Gasteiger partial charge in [0, 0.05) is 33.7 Å². The van der Waals surface area contributed by atoms with Crippen molar-refractivity contribution >= 4 is 24.9 Å². The SMILES string of the molecule is CC1(C)C2CC1[C@H](CP(=O)(c1ccccc1)c1ccccc1)[C@H](P(=O)(C1CCCCC1)C1CCCCC1)C2. The molecule has 2 bridgehead atoms. The maximum Gasteiger partial charge on any atom is 0.143 e. The highest BCUT2D eigenvalue weighted by Crippen LogP contribution is 2.76. The van der Waals surface area contributed by atoms with Gasteiger partial charge >= 0.3 is 0 Å². The smallest absolute Gasteiger partial charge is 0.143 e. The van der Waals surface area contributed by atoms with E-state index in [1.54, 1.807) is 0 Å². The third-order valence-electron chi connectivity index (χ3n) is 11.7. The highest BCUT2D eigenvalue weighted by Gasteiger charge is 2.63. The predicted molar refractivity (Wildman–Crippen MR) is 163 cm³/mol. The third-order valence-corrected chi connectivity index (χ3v) is 19.9. The van der Waals surface area contributed by atoms with Crippen molar-refractivity contribution in [2.24, 2.45) is 23.2 Å². The Balaban J connectivity index is 1.45. The molecule has 4 heteroatoms. The van der Waals surface area contributed by atoms with Crippen LogP contribution in [-0.4, -0.2) is 23.1 Å². The standard InChI is InChI=1S/C34H48O2P2/c1-34(2)26-23-32(34)31(25-37(35,27-15-7-3-8-16-27)28-17-9-4-10-18-28)33(24-26)38(36,29-19-11-5-12-20-29)30-21-13-6-14-22-30/h3-4,7-10,15-18,26,29-33H,5-6,11-14,19-25H2,1-2H3/t26?,31-,32?,33+/m0/s1. The molecule has 2 unspecified atom stereocenters. The van der Waals surface area contributed by atoms with Crippen molar-refractivity contribution in [3.63, 3.8) is 0 Å². The summed E-state index contributed by atoms with van der Waals surface area (Å²) in [5, 5.41) is 1.96. The molecule has 0 heterocycles. The molecular weight excluding hydrogens is 502 g/mol. The van der Waals surface area contributed by atoms with E-state index in [1.807, 2.05) is 36.4 Å². The van der Waals surface area contributed by atoms with Gasteiger partial charge in [0.1, 0.15) is 7.14 Å². The van der Waals surface area contributed by atoms with Gasteiger partial charge in [-0.2, -0.15) is 0 Å². The molecule has 5 saturated carbocycles. The molecule has 0 aliphatic heterocycles. The van der Waals surface area contributed by atoms with Crippen LogP contribution in [-0.2, 0) is 9.13 Å². The summed E-state index contributed by atoms with van der Waals surface area (Å²) in [4.78, 5) is 0. The quantitative estimate of drug-likeness (QED) is 0.322. The summed E-state index contributed by atoms with van der Waals surface area (Å²) in [5.74, 6) is 1.51. The number of rotatable bonds is 7. The minimum absolute atomic E-state index is 0.267. The molecule has 206 valence electrons. The van der Waals surface area contributed by atoms with E-state index >= 15 is 9.13 Å². The molecule has 2 aromatic rings. The first-order valence-corrected chi connectivity index (χ1v) is 19.4. The van der Waals surface area contributed by atoms with Crippen LogP contribution >= 0.6 is 14.3 Å². The van der Waals surface area contributed by atoms with E-state index in [1.165, 1.54) is 70.6 Å². The fraction of sp³-hybridized carbons (Fsp3) is 0.647. The number of hydrogen-bond acceptors (Lipinski definition) is 2. The molecule has 5 aliphatic carbocycles. The Morgan fingerprint density at radius 1 is 0.684 bits per heavy atom. The van der Waals surface area contributed by atoms with Gasteiger partial charge in [0.15, 0.2) is 0 Å². The van der Waals surface area contributed by atoms with Crippen LogP contribution in [0.5, 0.6) is 0 Å². The van der Waals surface area contributed by atoms with Gasteiger partial charge in [-0.25, -0.2) is 0 Å². The lowest BCUT2D eigenvalue weighted by molar-refractivity contribution is -0.0960. The zero-order valence-electron chi connectivity index (χ0n) is 23.6. The van der Waals surface area contributed by atoms with Gasteiger partial charge in [-0.3, -0.25) is 0 Å². The Bertz CT molecular complexity index is 1110. The summed E-state index contributed by atoms with van der Waals surface area (Å²) in [7, 11) is -5.33. The van der Waals surface area contributed by atoms with Crippen LogP contribution in [0.25, 0.3) is 0 Å². The summed E-state index contributed by atoms with van der Waals surface area (Å²) in [6, 6.07) is 20.6. The summed E-state index contributed by atoms with van der Waals surface area (Å²) in [6.45, 7) is 4.91. The van der Waals surface area contributed by atoms with E-state index in [0.29, 0.717) is 29.3 Å². The molecule has 0 saturated heterocycles. The molecule has 38 heavy (non-hydrogen) atoms. The van der Waals surface area contributed by atoms with Crippen molar-refractivity contribution in [1.29, 1.82) is 0 Å². The number of benzene rings is 2. The number of hydrogen-bond donors (Lipinski definition) is 0. The van der Waals surface area contributed by atoms with Gasteiger partial charge in [0.2, 0.25) is 0 Å². The molecule has 0 amide bonds. The van der Waals surface area contributed by atoms with Crippen molar-refractivity contribution in [3.8, 4) is 0 Å². The Labute approximate surface area is 231 Å². The van der Waals surface area contributed by atoms with Crippen molar-refractivity contribution in [2.75, 3.05) is 6.16 Å². The summed E-state index contributed by atoms with van der Waals surface area (Å²) in [5.41, 5.74) is 1.37. The molecule has 2 nitrogen and oxygen atoms in total. The molecular formula is C34H48O2P2. The molecule has 4 atom stereocenters. The average Bonchev–Trinajstić information content (AvgIpc) is 2.98. The van der Waals surface area contributed by atoms with Gasteiger partial charge in [0.25, 0.3) is 0 Å². The molecule has 0 radical (unpaired) electrons. The van der Waals surface area contributed by atoms with Crippen molar-refractivity contribution in [1.82, 2.24) is 0 Å². The molecule has 7 rings (SSSR count). The van der Waals surface area contributed by atoms with Crippen LogP contribution in [0.3, 0.4) is 0 Å². The van der Waals surface area contributed by atoms with Crippen LogP contribution in [0.4, 0.5) is 0 Å². The Kier molecular flexibility index (Phi) is 7.63. The van der Waals surface area contributed by atoms with E-state index in [-0.39, 0.29) is 17.0 Å². The minimum atomic E-state index is -2.87. The summed E-state index contributed by atoms with van der Waals surface area (Å²) >= 11 is 0. The minimum Gasteiger partial charge on any atom is -0.323 e. The monoisotopic (exact) mass is 550 g/mol. The van der Waals surface area contributed by atoms with Crippen molar-refractivity contribution in [2.45, 2.75) is 108 Å².